The van der Waals surface area contributed by atoms with Crippen LogP contribution in [0.2, 0.25) is 0 Å². The Morgan fingerprint density at radius 2 is 1.69 bits per heavy atom. The Kier molecular flexibility index (Phi) is 7.30. The quantitative estimate of drug-likeness (QED) is 0.830. The Morgan fingerprint density at radius 1 is 1.04 bits per heavy atom. The lowest BCUT2D eigenvalue weighted by atomic mass is 9.86. The average Bonchev–Trinajstić information content (AvgIpc) is 2.58. The fourth-order valence-electron chi connectivity index (χ4n) is 2.99. The van der Waals surface area contributed by atoms with Crippen LogP contribution in [0.5, 0.6) is 0 Å². The highest BCUT2D eigenvalue weighted by atomic mass is 16.6. The van der Waals surface area contributed by atoms with E-state index in [0.717, 1.165) is 31.2 Å². The fraction of sp³-hybridized carbons (Fsp3) is 0.600. The number of carbonyl (C=O) groups excluding carboxylic acids is 2. The van der Waals surface area contributed by atoms with E-state index < -0.39 is 5.60 Å². The summed E-state index contributed by atoms with van der Waals surface area (Å²) in [5, 5.41) is 5.76. The van der Waals surface area contributed by atoms with Crippen LogP contribution in [0.25, 0.3) is 0 Å². The Bertz CT molecular complexity index is 575. The molecule has 1 aliphatic rings. The van der Waals surface area contributed by atoms with Gasteiger partial charge in [-0.05, 0) is 57.9 Å². The van der Waals surface area contributed by atoms with E-state index in [1.54, 1.807) is 0 Å². The van der Waals surface area contributed by atoms with Gasteiger partial charge in [-0.25, -0.2) is 9.59 Å². The minimum Gasteiger partial charge on any atom is -0.445 e. The van der Waals surface area contributed by atoms with Gasteiger partial charge in [0.05, 0.1) is 0 Å². The predicted molar refractivity (Wildman–Crippen MR) is 99.7 cm³/mol. The van der Waals surface area contributed by atoms with Crippen molar-refractivity contribution in [3.05, 3.63) is 35.9 Å². The largest absolute Gasteiger partial charge is 0.445 e. The summed E-state index contributed by atoms with van der Waals surface area (Å²) in [6.07, 6.45) is 2.96. The van der Waals surface area contributed by atoms with Crippen molar-refractivity contribution in [1.29, 1.82) is 0 Å². The molecule has 1 aromatic carbocycles. The summed E-state index contributed by atoms with van der Waals surface area (Å²) >= 11 is 0. The number of carbonyl (C=O) groups is 2. The van der Waals surface area contributed by atoms with Gasteiger partial charge >= 0.3 is 12.2 Å². The van der Waals surface area contributed by atoms with Crippen LogP contribution in [0.1, 0.15) is 52.0 Å². The SMILES string of the molecule is CC(C)(C)OC(=O)N[C@H]1CC[C@@H](CNC(=O)OCc2ccccc2)CC1. The number of alkyl carbamates (subject to hydrolysis) is 2. The second kappa shape index (κ2) is 9.46. The fourth-order valence-corrected chi connectivity index (χ4v) is 2.99. The van der Waals surface area contributed by atoms with E-state index in [-0.39, 0.29) is 24.8 Å². The molecule has 2 rings (SSSR count). The summed E-state index contributed by atoms with van der Waals surface area (Å²) in [5.74, 6) is 0.413. The monoisotopic (exact) mass is 362 g/mol. The Labute approximate surface area is 155 Å². The van der Waals surface area contributed by atoms with Crippen molar-refractivity contribution in [3.8, 4) is 0 Å². The molecular weight excluding hydrogens is 332 g/mol. The number of rotatable bonds is 5. The minimum atomic E-state index is -0.481. The molecule has 1 fully saturated rings. The number of hydrogen-bond donors (Lipinski definition) is 2. The van der Waals surface area contributed by atoms with Crippen molar-refractivity contribution >= 4 is 12.2 Å². The van der Waals surface area contributed by atoms with E-state index in [0.29, 0.717) is 12.5 Å². The average molecular weight is 362 g/mol. The Hall–Kier alpha value is -2.24. The highest BCUT2D eigenvalue weighted by Gasteiger charge is 2.25. The number of nitrogens with one attached hydrogen (secondary N) is 2. The first-order valence-corrected chi connectivity index (χ1v) is 9.26. The molecule has 0 saturated heterocycles. The first-order chi connectivity index (χ1) is 12.3. The number of amides is 2. The molecule has 144 valence electrons. The van der Waals surface area contributed by atoms with E-state index in [9.17, 15) is 9.59 Å². The summed E-state index contributed by atoms with van der Waals surface area (Å²) in [6, 6.07) is 9.75. The molecule has 2 amide bonds. The summed E-state index contributed by atoms with van der Waals surface area (Å²) in [6.45, 7) is 6.44. The van der Waals surface area contributed by atoms with Crippen molar-refractivity contribution in [1.82, 2.24) is 10.6 Å². The zero-order valence-corrected chi connectivity index (χ0v) is 15.9. The molecule has 0 bridgehead atoms. The minimum absolute atomic E-state index is 0.145. The van der Waals surface area contributed by atoms with Gasteiger partial charge in [-0.15, -0.1) is 0 Å². The molecule has 0 aliphatic heterocycles. The van der Waals surface area contributed by atoms with Gasteiger partial charge in [-0.2, -0.15) is 0 Å². The lowest BCUT2D eigenvalue weighted by Gasteiger charge is -2.30. The van der Waals surface area contributed by atoms with Gasteiger partial charge in [0.15, 0.2) is 0 Å². The topological polar surface area (TPSA) is 76.7 Å². The van der Waals surface area contributed by atoms with Gasteiger partial charge in [0, 0.05) is 12.6 Å². The molecule has 6 heteroatoms. The van der Waals surface area contributed by atoms with Gasteiger partial charge in [0.25, 0.3) is 0 Å². The van der Waals surface area contributed by atoms with Crippen LogP contribution in [-0.2, 0) is 16.1 Å². The third kappa shape index (κ3) is 7.76. The van der Waals surface area contributed by atoms with Crippen LogP contribution in [0.15, 0.2) is 30.3 Å². The summed E-state index contributed by atoms with van der Waals surface area (Å²) in [7, 11) is 0. The van der Waals surface area contributed by atoms with Crippen molar-refractivity contribution < 1.29 is 19.1 Å². The van der Waals surface area contributed by atoms with E-state index in [1.807, 2.05) is 51.1 Å². The van der Waals surface area contributed by atoms with Crippen molar-refractivity contribution in [2.24, 2.45) is 5.92 Å². The normalized spacial score (nSPS) is 20.1. The van der Waals surface area contributed by atoms with Crippen molar-refractivity contribution in [2.75, 3.05) is 6.54 Å². The zero-order chi connectivity index (χ0) is 19.0. The second-order valence-corrected chi connectivity index (χ2v) is 7.81. The lowest BCUT2D eigenvalue weighted by Crippen LogP contribution is -2.42. The smallest absolute Gasteiger partial charge is 0.407 e. The van der Waals surface area contributed by atoms with Gasteiger partial charge in [-0.1, -0.05) is 30.3 Å². The molecular formula is C20H30N2O4. The maximum absolute atomic E-state index is 11.8. The molecule has 1 aromatic rings. The zero-order valence-electron chi connectivity index (χ0n) is 15.9. The first-order valence-electron chi connectivity index (χ1n) is 9.26. The van der Waals surface area contributed by atoms with Gasteiger partial charge in [0.2, 0.25) is 0 Å². The predicted octanol–water partition coefficient (Wildman–Crippen LogP) is 4.00. The highest BCUT2D eigenvalue weighted by Crippen LogP contribution is 2.24. The summed E-state index contributed by atoms with van der Waals surface area (Å²) < 4.78 is 10.5. The molecule has 0 unspecified atom stereocenters. The molecule has 0 spiro atoms. The van der Waals surface area contributed by atoms with Crippen LogP contribution < -0.4 is 10.6 Å². The van der Waals surface area contributed by atoms with E-state index >= 15 is 0 Å². The Morgan fingerprint density at radius 3 is 2.31 bits per heavy atom. The molecule has 0 aromatic heterocycles. The van der Waals surface area contributed by atoms with Gasteiger partial charge in [-0.3, -0.25) is 0 Å². The van der Waals surface area contributed by atoms with Crippen LogP contribution in [0.3, 0.4) is 0 Å². The molecule has 0 atom stereocenters. The van der Waals surface area contributed by atoms with E-state index in [2.05, 4.69) is 10.6 Å². The van der Waals surface area contributed by atoms with Crippen LogP contribution >= 0.6 is 0 Å². The first kappa shape index (κ1) is 20.1. The van der Waals surface area contributed by atoms with E-state index in [4.69, 9.17) is 9.47 Å². The van der Waals surface area contributed by atoms with Crippen molar-refractivity contribution in [3.63, 3.8) is 0 Å². The highest BCUT2D eigenvalue weighted by molar-refractivity contribution is 5.68. The molecule has 2 N–H and O–H groups in total. The number of benzene rings is 1. The van der Waals surface area contributed by atoms with Crippen molar-refractivity contribution in [2.45, 2.75) is 64.7 Å². The third-order valence-electron chi connectivity index (χ3n) is 4.32. The molecule has 26 heavy (non-hydrogen) atoms. The third-order valence-corrected chi connectivity index (χ3v) is 4.32. The van der Waals surface area contributed by atoms with Crippen LogP contribution in [0.4, 0.5) is 9.59 Å². The molecule has 0 radical (unpaired) electrons. The summed E-state index contributed by atoms with van der Waals surface area (Å²) in [4.78, 5) is 23.6. The maximum Gasteiger partial charge on any atom is 0.407 e. The number of ether oxygens (including phenoxy) is 2. The van der Waals surface area contributed by atoms with Gasteiger partial charge < -0.3 is 20.1 Å². The molecule has 1 aliphatic carbocycles. The molecule has 1 saturated carbocycles. The lowest BCUT2D eigenvalue weighted by molar-refractivity contribution is 0.0487. The maximum atomic E-state index is 11.8. The second-order valence-electron chi connectivity index (χ2n) is 7.81. The molecule has 0 heterocycles. The van der Waals surface area contributed by atoms with Crippen LogP contribution in [0, 0.1) is 5.92 Å². The van der Waals surface area contributed by atoms with E-state index in [1.165, 1.54) is 0 Å². The molecule has 6 nitrogen and oxygen atoms in total. The number of hydrogen-bond acceptors (Lipinski definition) is 4. The Balaban J connectivity index is 1.60. The summed E-state index contributed by atoms with van der Waals surface area (Å²) in [5.41, 5.74) is 0.488. The standard InChI is InChI=1S/C20H30N2O4/c1-20(2,3)26-19(24)22-17-11-9-15(10-12-17)13-21-18(23)25-14-16-7-5-4-6-8-16/h4-8,15,17H,9-14H2,1-3H3,(H,21,23)(H,22,24)/t15-,17+. The van der Waals surface area contributed by atoms with Gasteiger partial charge in [0.1, 0.15) is 12.2 Å². The van der Waals surface area contributed by atoms with Crippen LogP contribution in [-0.4, -0.2) is 30.4 Å².